The van der Waals surface area contributed by atoms with Crippen LogP contribution in [0.25, 0.3) is 10.2 Å². The van der Waals surface area contributed by atoms with Crippen molar-refractivity contribution in [2.45, 2.75) is 12.3 Å². The van der Waals surface area contributed by atoms with Gasteiger partial charge in [0, 0.05) is 31.9 Å². The van der Waals surface area contributed by atoms with E-state index in [9.17, 15) is 4.79 Å². The van der Waals surface area contributed by atoms with E-state index in [1.54, 1.807) is 23.1 Å². The van der Waals surface area contributed by atoms with Gasteiger partial charge in [0.1, 0.15) is 17.4 Å². The summed E-state index contributed by atoms with van der Waals surface area (Å²) in [5, 5.41) is 4.05. The molecule has 164 valence electrons. The van der Waals surface area contributed by atoms with Crippen LogP contribution in [0.2, 0.25) is 0 Å². The second-order valence-corrected chi connectivity index (χ2v) is 9.40. The lowest BCUT2D eigenvalue weighted by Gasteiger charge is -2.26. The van der Waals surface area contributed by atoms with Gasteiger partial charge in [0.25, 0.3) is 0 Å². The number of benzene rings is 2. The Balaban J connectivity index is 1.15. The summed E-state index contributed by atoms with van der Waals surface area (Å²) in [4.78, 5) is 19.2. The predicted molar refractivity (Wildman–Crippen MR) is 127 cm³/mol. The smallest absolute Gasteiger partial charge is 0.230 e. The highest BCUT2D eigenvalue weighted by molar-refractivity contribution is 7.99. The van der Waals surface area contributed by atoms with Crippen LogP contribution in [0, 0.1) is 0 Å². The molecule has 1 aliphatic heterocycles. The van der Waals surface area contributed by atoms with Gasteiger partial charge in [0.15, 0.2) is 0 Å². The minimum atomic E-state index is 0.0322. The highest BCUT2D eigenvalue weighted by Gasteiger charge is 2.10. The van der Waals surface area contributed by atoms with Crippen molar-refractivity contribution in [1.82, 2.24) is 15.2 Å². The van der Waals surface area contributed by atoms with Gasteiger partial charge < -0.3 is 14.8 Å². The molecular formula is C23H27N3O3S2. The number of carbonyl (C=O) groups excluding carboxylic acids is 1. The lowest BCUT2D eigenvalue weighted by molar-refractivity contribution is -0.118. The maximum atomic E-state index is 12.2. The Morgan fingerprint density at radius 3 is 2.94 bits per heavy atom. The standard InChI is InChI=1S/C23H27N3O3S2/c27-22(16-30-17-23-25-20-6-1-2-7-21(20)31-23)24-15-18-4-3-5-19(14-18)29-13-10-26-8-11-28-12-9-26/h1-7,14H,8-13,15-17H2,(H,24,27). The first kappa shape index (κ1) is 22.1. The van der Waals surface area contributed by atoms with Crippen LogP contribution in [0.15, 0.2) is 48.5 Å². The van der Waals surface area contributed by atoms with Crippen LogP contribution in [0.5, 0.6) is 5.75 Å². The quantitative estimate of drug-likeness (QED) is 0.502. The molecular weight excluding hydrogens is 430 g/mol. The summed E-state index contributed by atoms with van der Waals surface area (Å²) in [6.07, 6.45) is 0. The largest absolute Gasteiger partial charge is 0.492 e. The molecule has 4 rings (SSSR count). The summed E-state index contributed by atoms with van der Waals surface area (Å²) in [6.45, 7) is 5.58. The van der Waals surface area contributed by atoms with Crippen molar-refractivity contribution in [2.24, 2.45) is 0 Å². The minimum Gasteiger partial charge on any atom is -0.492 e. The highest BCUT2D eigenvalue weighted by Crippen LogP contribution is 2.24. The Bertz CT molecular complexity index is 956. The number of carbonyl (C=O) groups is 1. The van der Waals surface area contributed by atoms with E-state index in [2.05, 4.69) is 21.3 Å². The Hall–Kier alpha value is -2.13. The summed E-state index contributed by atoms with van der Waals surface area (Å²) in [5.41, 5.74) is 2.06. The number of rotatable bonds is 10. The second-order valence-electron chi connectivity index (χ2n) is 7.29. The van der Waals surface area contributed by atoms with E-state index >= 15 is 0 Å². The average Bonchev–Trinajstić information content (AvgIpc) is 3.22. The molecule has 31 heavy (non-hydrogen) atoms. The third-order valence-corrected chi connectivity index (χ3v) is 7.13. The van der Waals surface area contributed by atoms with E-state index in [-0.39, 0.29) is 5.91 Å². The fourth-order valence-corrected chi connectivity index (χ4v) is 5.20. The van der Waals surface area contributed by atoms with Gasteiger partial charge in [-0.3, -0.25) is 9.69 Å². The van der Waals surface area contributed by atoms with Crippen LogP contribution >= 0.6 is 23.1 Å². The summed E-state index contributed by atoms with van der Waals surface area (Å²) in [5.74, 6) is 2.04. The molecule has 0 unspecified atom stereocenters. The summed E-state index contributed by atoms with van der Waals surface area (Å²) >= 11 is 3.28. The van der Waals surface area contributed by atoms with E-state index in [4.69, 9.17) is 9.47 Å². The van der Waals surface area contributed by atoms with Gasteiger partial charge in [-0.2, -0.15) is 0 Å². The van der Waals surface area contributed by atoms with Crippen molar-refractivity contribution < 1.29 is 14.3 Å². The zero-order valence-corrected chi connectivity index (χ0v) is 19.1. The number of thiazole rings is 1. The second kappa shape index (κ2) is 11.5. The lowest BCUT2D eigenvalue weighted by Crippen LogP contribution is -2.38. The zero-order chi connectivity index (χ0) is 21.3. The number of amides is 1. The van der Waals surface area contributed by atoms with Crippen molar-refractivity contribution in [2.75, 3.05) is 45.2 Å². The number of fused-ring (bicyclic) bond motifs is 1. The van der Waals surface area contributed by atoms with Gasteiger partial charge in [0.05, 0.1) is 29.2 Å². The molecule has 0 spiro atoms. The number of para-hydroxylation sites is 1. The topological polar surface area (TPSA) is 63.7 Å². The van der Waals surface area contributed by atoms with E-state index in [1.165, 1.54) is 4.70 Å². The molecule has 2 heterocycles. The third-order valence-electron chi connectivity index (χ3n) is 4.96. The van der Waals surface area contributed by atoms with E-state index in [0.717, 1.165) is 60.4 Å². The molecule has 6 nitrogen and oxygen atoms in total. The SMILES string of the molecule is O=C(CSCc1nc2ccccc2s1)NCc1cccc(OCCN2CCOCC2)c1. The van der Waals surface area contributed by atoms with E-state index < -0.39 is 0 Å². The van der Waals surface area contributed by atoms with E-state index in [1.807, 2.05) is 42.5 Å². The molecule has 0 bridgehead atoms. The molecule has 0 aliphatic carbocycles. The average molecular weight is 458 g/mol. The maximum Gasteiger partial charge on any atom is 0.230 e. The molecule has 0 radical (unpaired) electrons. The summed E-state index contributed by atoms with van der Waals surface area (Å²) in [7, 11) is 0. The first-order valence-corrected chi connectivity index (χ1v) is 12.4. The van der Waals surface area contributed by atoms with Gasteiger partial charge in [0.2, 0.25) is 5.91 Å². The van der Waals surface area contributed by atoms with Gasteiger partial charge in [-0.15, -0.1) is 23.1 Å². The fraction of sp³-hybridized carbons (Fsp3) is 0.391. The zero-order valence-electron chi connectivity index (χ0n) is 17.4. The third kappa shape index (κ3) is 6.93. The maximum absolute atomic E-state index is 12.2. The summed E-state index contributed by atoms with van der Waals surface area (Å²) < 4.78 is 12.4. The molecule has 1 aliphatic rings. The van der Waals surface area contributed by atoms with Crippen LogP contribution in [0.4, 0.5) is 0 Å². The van der Waals surface area contributed by atoms with Crippen LogP contribution in [-0.2, 0) is 21.8 Å². The molecule has 8 heteroatoms. The van der Waals surface area contributed by atoms with Crippen LogP contribution in [0.3, 0.4) is 0 Å². The van der Waals surface area contributed by atoms with Crippen LogP contribution < -0.4 is 10.1 Å². The number of thioether (sulfide) groups is 1. The Kier molecular flexibility index (Phi) is 8.17. The Morgan fingerprint density at radius 2 is 2.06 bits per heavy atom. The number of nitrogens with one attached hydrogen (secondary N) is 1. The van der Waals surface area contributed by atoms with Gasteiger partial charge in [-0.25, -0.2) is 4.98 Å². The first-order valence-electron chi connectivity index (χ1n) is 10.5. The summed E-state index contributed by atoms with van der Waals surface area (Å²) in [6, 6.07) is 16.0. The van der Waals surface area contributed by atoms with Crippen molar-refractivity contribution >= 4 is 39.2 Å². The van der Waals surface area contributed by atoms with Crippen LogP contribution in [-0.4, -0.2) is 61.0 Å². The Morgan fingerprint density at radius 1 is 1.19 bits per heavy atom. The number of morpholine rings is 1. The van der Waals surface area contributed by atoms with Gasteiger partial charge >= 0.3 is 0 Å². The van der Waals surface area contributed by atoms with Crippen molar-refractivity contribution in [3.05, 3.63) is 59.1 Å². The number of hydrogen-bond acceptors (Lipinski definition) is 7. The molecule has 0 atom stereocenters. The lowest BCUT2D eigenvalue weighted by atomic mass is 10.2. The van der Waals surface area contributed by atoms with Crippen LogP contribution in [0.1, 0.15) is 10.6 Å². The molecule has 1 aromatic heterocycles. The van der Waals surface area contributed by atoms with Gasteiger partial charge in [-0.1, -0.05) is 24.3 Å². The van der Waals surface area contributed by atoms with Crippen molar-refractivity contribution in [3.63, 3.8) is 0 Å². The molecule has 1 N–H and O–H groups in total. The van der Waals surface area contributed by atoms with Gasteiger partial charge in [-0.05, 0) is 29.8 Å². The number of ether oxygens (including phenoxy) is 2. The molecule has 1 fully saturated rings. The molecule has 2 aromatic carbocycles. The molecule has 1 amide bonds. The first-order chi connectivity index (χ1) is 15.3. The monoisotopic (exact) mass is 457 g/mol. The fourth-order valence-electron chi connectivity index (χ4n) is 3.33. The predicted octanol–water partition coefficient (Wildman–Crippen LogP) is 3.56. The minimum absolute atomic E-state index is 0.0322. The normalized spacial score (nSPS) is 14.6. The number of aromatic nitrogens is 1. The highest BCUT2D eigenvalue weighted by atomic mass is 32.2. The number of nitrogens with zero attached hydrogens (tertiary/aromatic N) is 2. The molecule has 1 saturated heterocycles. The Labute approximate surface area is 190 Å². The van der Waals surface area contributed by atoms with Crippen molar-refractivity contribution in [3.8, 4) is 5.75 Å². The molecule has 0 saturated carbocycles. The van der Waals surface area contributed by atoms with E-state index in [0.29, 0.717) is 18.9 Å². The number of hydrogen-bond donors (Lipinski definition) is 1. The molecule has 3 aromatic rings. The van der Waals surface area contributed by atoms with Crippen molar-refractivity contribution in [1.29, 1.82) is 0 Å².